The molecule has 4 aromatic rings. The third-order valence-electron chi connectivity index (χ3n) is 5.61. The number of carbonyl (C=O) groups is 1. The van der Waals surface area contributed by atoms with Crippen molar-refractivity contribution in [3.05, 3.63) is 84.2 Å². The standard InChI is InChI=1S/C27H29N3O4/c1-19(28-27(31)22-12-4-7-15-25(22)33-3)26-29-23-13-5-6-14-24(23)30(26)16-9-17-34-21-11-8-10-20(18-21)32-2/h4-8,10-15,18-19H,9,16-17H2,1-3H3,(H,28,31). The molecule has 7 nitrogen and oxygen atoms in total. The number of carbonyl (C=O) groups excluding carboxylic acids is 1. The summed E-state index contributed by atoms with van der Waals surface area (Å²) < 4.78 is 18.7. The van der Waals surface area contributed by atoms with Crippen molar-refractivity contribution >= 4 is 16.9 Å². The van der Waals surface area contributed by atoms with Crippen LogP contribution in [-0.2, 0) is 6.54 Å². The summed E-state index contributed by atoms with van der Waals surface area (Å²) >= 11 is 0. The van der Waals surface area contributed by atoms with Gasteiger partial charge in [-0.1, -0.05) is 30.3 Å². The Balaban J connectivity index is 1.48. The predicted octanol–water partition coefficient (Wildman–Crippen LogP) is 5.01. The van der Waals surface area contributed by atoms with Crippen LogP contribution in [0.1, 0.15) is 35.6 Å². The molecule has 4 rings (SSSR count). The number of amides is 1. The molecule has 34 heavy (non-hydrogen) atoms. The number of aryl methyl sites for hydroxylation is 1. The normalized spacial score (nSPS) is 11.7. The quantitative estimate of drug-likeness (QED) is 0.337. The van der Waals surface area contributed by atoms with E-state index in [0.29, 0.717) is 24.5 Å². The number of methoxy groups -OCH3 is 2. The number of hydrogen-bond acceptors (Lipinski definition) is 5. The van der Waals surface area contributed by atoms with Gasteiger partial charge in [-0.2, -0.15) is 0 Å². The number of ether oxygens (including phenoxy) is 3. The summed E-state index contributed by atoms with van der Waals surface area (Å²) in [7, 11) is 3.20. The molecule has 1 unspecified atom stereocenters. The average molecular weight is 460 g/mol. The van der Waals surface area contributed by atoms with Crippen LogP contribution in [0.4, 0.5) is 0 Å². The van der Waals surface area contributed by atoms with Gasteiger partial charge in [0, 0.05) is 12.6 Å². The first-order valence-electron chi connectivity index (χ1n) is 11.3. The minimum atomic E-state index is -0.302. The van der Waals surface area contributed by atoms with E-state index in [1.54, 1.807) is 26.4 Å². The molecule has 0 fully saturated rings. The highest BCUT2D eigenvalue weighted by Crippen LogP contribution is 2.24. The van der Waals surface area contributed by atoms with Gasteiger partial charge in [-0.25, -0.2) is 4.98 Å². The number of para-hydroxylation sites is 3. The van der Waals surface area contributed by atoms with E-state index in [-0.39, 0.29) is 11.9 Å². The van der Waals surface area contributed by atoms with Crippen LogP contribution < -0.4 is 19.5 Å². The first-order valence-corrected chi connectivity index (χ1v) is 11.3. The smallest absolute Gasteiger partial charge is 0.255 e. The number of hydrogen-bond donors (Lipinski definition) is 1. The van der Waals surface area contributed by atoms with Crippen molar-refractivity contribution < 1.29 is 19.0 Å². The molecule has 3 aromatic carbocycles. The molecule has 1 atom stereocenters. The van der Waals surface area contributed by atoms with E-state index >= 15 is 0 Å². The predicted molar refractivity (Wildman–Crippen MR) is 132 cm³/mol. The molecule has 0 aliphatic rings. The van der Waals surface area contributed by atoms with Crippen molar-refractivity contribution in [2.75, 3.05) is 20.8 Å². The lowest BCUT2D eigenvalue weighted by molar-refractivity contribution is 0.0934. The van der Waals surface area contributed by atoms with Crippen LogP contribution in [0, 0.1) is 0 Å². The van der Waals surface area contributed by atoms with Gasteiger partial charge in [-0.15, -0.1) is 0 Å². The van der Waals surface area contributed by atoms with Crippen LogP contribution in [0.3, 0.4) is 0 Å². The Morgan fingerprint density at radius 1 is 0.971 bits per heavy atom. The van der Waals surface area contributed by atoms with E-state index in [2.05, 4.69) is 9.88 Å². The second-order valence-corrected chi connectivity index (χ2v) is 7.89. The Bertz CT molecular complexity index is 1270. The maximum atomic E-state index is 12.9. The molecule has 0 aliphatic heterocycles. The summed E-state index contributed by atoms with van der Waals surface area (Å²) in [5.74, 6) is 2.67. The highest BCUT2D eigenvalue weighted by Gasteiger charge is 2.20. The lowest BCUT2D eigenvalue weighted by Gasteiger charge is -2.17. The van der Waals surface area contributed by atoms with Gasteiger partial charge in [-0.05, 0) is 49.7 Å². The Morgan fingerprint density at radius 2 is 1.74 bits per heavy atom. The molecular weight excluding hydrogens is 430 g/mol. The maximum absolute atomic E-state index is 12.9. The van der Waals surface area contributed by atoms with E-state index in [1.165, 1.54) is 0 Å². The largest absolute Gasteiger partial charge is 0.497 e. The number of nitrogens with zero attached hydrogens (tertiary/aromatic N) is 2. The van der Waals surface area contributed by atoms with E-state index in [0.717, 1.165) is 34.8 Å². The fourth-order valence-electron chi connectivity index (χ4n) is 3.93. The second kappa shape index (κ2) is 10.7. The fraction of sp³-hybridized carbons (Fsp3) is 0.259. The number of nitrogens with one attached hydrogen (secondary N) is 1. The summed E-state index contributed by atoms with van der Waals surface area (Å²) in [6, 6.07) is 22.4. The van der Waals surface area contributed by atoms with Crippen molar-refractivity contribution in [2.24, 2.45) is 0 Å². The Labute approximate surface area is 199 Å². The van der Waals surface area contributed by atoms with E-state index < -0.39 is 0 Å². The minimum Gasteiger partial charge on any atom is -0.497 e. The zero-order chi connectivity index (χ0) is 23.9. The summed E-state index contributed by atoms with van der Waals surface area (Å²) in [5, 5.41) is 3.07. The molecule has 1 amide bonds. The number of fused-ring (bicyclic) bond motifs is 1. The molecular formula is C27H29N3O4. The van der Waals surface area contributed by atoms with Crippen LogP contribution in [0.5, 0.6) is 17.2 Å². The molecule has 176 valence electrons. The van der Waals surface area contributed by atoms with Gasteiger partial charge in [-0.3, -0.25) is 4.79 Å². The van der Waals surface area contributed by atoms with Gasteiger partial charge in [0.15, 0.2) is 0 Å². The lowest BCUT2D eigenvalue weighted by Crippen LogP contribution is -2.29. The zero-order valence-electron chi connectivity index (χ0n) is 19.7. The van der Waals surface area contributed by atoms with Crippen LogP contribution in [0.2, 0.25) is 0 Å². The van der Waals surface area contributed by atoms with E-state index in [4.69, 9.17) is 19.2 Å². The number of rotatable bonds is 10. The van der Waals surface area contributed by atoms with Crippen molar-refractivity contribution in [1.29, 1.82) is 0 Å². The highest BCUT2D eigenvalue weighted by molar-refractivity contribution is 5.97. The summed E-state index contributed by atoms with van der Waals surface area (Å²) in [5.41, 5.74) is 2.41. The topological polar surface area (TPSA) is 74.6 Å². The molecule has 0 saturated carbocycles. The monoisotopic (exact) mass is 459 g/mol. The Kier molecular flexibility index (Phi) is 7.32. The van der Waals surface area contributed by atoms with Crippen LogP contribution >= 0.6 is 0 Å². The van der Waals surface area contributed by atoms with Gasteiger partial charge in [0.2, 0.25) is 0 Å². The van der Waals surface area contributed by atoms with Gasteiger partial charge >= 0.3 is 0 Å². The third kappa shape index (κ3) is 5.14. The Morgan fingerprint density at radius 3 is 2.56 bits per heavy atom. The van der Waals surface area contributed by atoms with Gasteiger partial charge in [0.05, 0.1) is 43.5 Å². The summed E-state index contributed by atoms with van der Waals surface area (Å²) in [6.07, 6.45) is 0.776. The minimum absolute atomic E-state index is 0.204. The molecule has 1 N–H and O–H groups in total. The van der Waals surface area contributed by atoms with Gasteiger partial charge in [0.25, 0.3) is 5.91 Å². The second-order valence-electron chi connectivity index (χ2n) is 7.89. The molecule has 1 aromatic heterocycles. The Hall–Kier alpha value is -4.00. The van der Waals surface area contributed by atoms with Crippen molar-refractivity contribution in [1.82, 2.24) is 14.9 Å². The van der Waals surface area contributed by atoms with E-state index in [1.807, 2.05) is 67.6 Å². The molecule has 0 saturated heterocycles. The van der Waals surface area contributed by atoms with Gasteiger partial charge in [0.1, 0.15) is 23.1 Å². The van der Waals surface area contributed by atoms with Crippen LogP contribution in [-0.4, -0.2) is 36.3 Å². The van der Waals surface area contributed by atoms with Crippen LogP contribution in [0.15, 0.2) is 72.8 Å². The molecule has 0 aliphatic carbocycles. The van der Waals surface area contributed by atoms with Crippen molar-refractivity contribution in [2.45, 2.75) is 25.9 Å². The lowest BCUT2D eigenvalue weighted by atomic mass is 10.1. The number of benzene rings is 3. The van der Waals surface area contributed by atoms with Crippen molar-refractivity contribution in [3.8, 4) is 17.2 Å². The molecule has 0 spiro atoms. The zero-order valence-corrected chi connectivity index (χ0v) is 19.7. The maximum Gasteiger partial charge on any atom is 0.255 e. The van der Waals surface area contributed by atoms with Crippen molar-refractivity contribution in [3.63, 3.8) is 0 Å². The van der Waals surface area contributed by atoms with E-state index in [9.17, 15) is 4.79 Å². The first-order chi connectivity index (χ1) is 16.6. The fourth-order valence-corrected chi connectivity index (χ4v) is 3.93. The highest BCUT2D eigenvalue weighted by atomic mass is 16.5. The number of aromatic nitrogens is 2. The third-order valence-corrected chi connectivity index (χ3v) is 5.61. The molecule has 0 bridgehead atoms. The van der Waals surface area contributed by atoms with Crippen LogP contribution in [0.25, 0.3) is 11.0 Å². The molecule has 1 heterocycles. The summed E-state index contributed by atoms with van der Waals surface area (Å²) in [4.78, 5) is 17.8. The SMILES string of the molecule is COc1cccc(OCCCn2c(C(C)NC(=O)c3ccccc3OC)nc3ccccc32)c1. The summed E-state index contributed by atoms with van der Waals surface area (Å²) in [6.45, 7) is 3.19. The average Bonchev–Trinajstić information content (AvgIpc) is 3.25. The molecule has 0 radical (unpaired) electrons. The van der Waals surface area contributed by atoms with Gasteiger partial charge < -0.3 is 24.1 Å². The number of imidazole rings is 1. The molecule has 7 heteroatoms. The first kappa shape index (κ1) is 23.2.